The first kappa shape index (κ1) is 11.0. The predicted octanol–water partition coefficient (Wildman–Crippen LogP) is 1.63. The highest BCUT2D eigenvalue weighted by molar-refractivity contribution is 5.79. The van der Waals surface area contributed by atoms with Gasteiger partial charge in [0.05, 0.1) is 0 Å². The number of nitrogens with one attached hydrogen (secondary N) is 1. The SMILES string of the molecule is O=c1c(Nc2ccccc2)c(N2CCCC2)c1=O. The van der Waals surface area contributed by atoms with E-state index in [0.717, 1.165) is 31.6 Å². The van der Waals surface area contributed by atoms with Crippen LogP contribution in [0.15, 0.2) is 39.9 Å². The summed E-state index contributed by atoms with van der Waals surface area (Å²) in [5.74, 6) is 0. The molecule has 4 heteroatoms. The molecule has 0 saturated carbocycles. The van der Waals surface area contributed by atoms with E-state index in [4.69, 9.17) is 0 Å². The molecule has 0 bridgehead atoms. The van der Waals surface area contributed by atoms with Crippen LogP contribution in [0, 0.1) is 0 Å². The molecule has 0 radical (unpaired) electrons. The van der Waals surface area contributed by atoms with Gasteiger partial charge in [-0.1, -0.05) is 18.2 Å². The minimum Gasteiger partial charge on any atom is -0.366 e. The van der Waals surface area contributed by atoms with E-state index in [2.05, 4.69) is 5.32 Å². The normalized spacial score (nSPS) is 15.2. The summed E-state index contributed by atoms with van der Waals surface area (Å²) in [5.41, 5.74) is 1.11. The lowest BCUT2D eigenvalue weighted by atomic mass is 10.1. The average molecular weight is 242 g/mol. The number of hydrogen-bond donors (Lipinski definition) is 1. The molecule has 0 aliphatic carbocycles. The minimum atomic E-state index is -0.402. The van der Waals surface area contributed by atoms with Gasteiger partial charge in [0.25, 0.3) is 10.9 Å². The summed E-state index contributed by atoms with van der Waals surface area (Å²) in [4.78, 5) is 25.3. The number of hydrogen-bond acceptors (Lipinski definition) is 4. The van der Waals surface area contributed by atoms with Gasteiger partial charge in [-0.25, -0.2) is 0 Å². The molecule has 1 heterocycles. The molecule has 0 spiro atoms. The second-order valence-electron chi connectivity index (χ2n) is 4.57. The van der Waals surface area contributed by atoms with Crippen LogP contribution in [-0.4, -0.2) is 13.1 Å². The lowest BCUT2D eigenvalue weighted by molar-refractivity contribution is 0.949. The van der Waals surface area contributed by atoms with Crippen molar-refractivity contribution in [3.8, 4) is 0 Å². The minimum absolute atomic E-state index is 0.352. The van der Waals surface area contributed by atoms with Gasteiger partial charge < -0.3 is 10.2 Å². The number of nitrogens with zero attached hydrogens (tertiary/aromatic N) is 1. The van der Waals surface area contributed by atoms with Crippen molar-refractivity contribution in [3.05, 3.63) is 50.8 Å². The monoisotopic (exact) mass is 242 g/mol. The van der Waals surface area contributed by atoms with Crippen molar-refractivity contribution in [1.82, 2.24) is 0 Å². The fraction of sp³-hybridized carbons (Fsp3) is 0.286. The Labute approximate surface area is 105 Å². The third-order valence-electron chi connectivity index (χ3n) is 3.35. The fourth-order valence-corrected chi connectivity index (χ4v) is 2.40. The van der Waals surface area contributed by atoms with Gasteiger partial charge in [0, 0.05) is 18.8 Å². The molecule has 0 aromatic heterocycles. The van der Waals surface area contributed by atoms with Crippen LogP contribution in [0.25, 0.3) is 0 Å². The van der Waals surface area contributed by atoms with E-state index in [0.29, 0.717) is 11.4 Å². The maximum Gasteiger partial charge on any atom is 0.253 e. The Hall–Kier alpha value is -2.10. The Bertz CT molecular complexity index is 621. The van der Waals surface area contributed by atoms with Crippen molar-refractivity contribution in [3.63, 3.8) is 0 Å². The Kier molecular flexibility index (Phi) is 2.63. The van der Waals surface area contributed by atoms with Gasteiger partial charge in [0.15, 0.2) is 0 Å². The lowest BCUT2D eigenvalue weighted by Crippen LogP contribution is -2.41. The van der Waals surface area contributed by atoms with E-state index >= 15 is 0 Å². The summed E-state index contributed by atoms with van der Waals surface area (Å²) in [6.07, 6.45) is 2.17. The van der Waals surface area contributed by atoms with E-state index in [-0.39, 0.29) is 5.43 Å². The van der Waals surface area contributed by atoms with Gasteiger partial charge in [0.2, 0.25) is 0 Å². The quantitative estimate of drug-likeness (QED) is 0.831. The van der Waals surface area contributed by atoms with Crippen LogP contribution >= 0.6 is 0 Å². The maximum absolute atomic E-state index is 11.7. The molecule has 4 nitrogen and oxygen atoms in total. The van der Waals surface area contributed by atoms with Gasteiger partial charge >= 0.3 is 0 Å². The van der Waals surface area contributed by atoms with E-state index in [1.54, 1.807) is 0 Å². The zero-order valence-corrected chi connectivity index (χ0v) is 9.98. The van der Waals surface area contributed by atoms with Crippen molar-refractivity contribution < 1.29 is 0 Å². The summed E-state index contributed by atoms with van der Waals surface area (Å²) in [5, 5.41) is 3.05. The van der Waals surface area contributed by atoms with Crippen LogP contribution in [0.1, 0.15) is 12.8 Å². The van der Waals surface area contributed by atoms with Crippen LogP contribution < -0.4 is 21.1 Å². The molecule has 1 fully saturated rings. The zero-order chi connectivity index (χ0) is 12.5. The van der Waals surface area contributed by atoms with Gasteiger partial charge in [-0.2, -0.15) is 0 Å². The zero-order valence-electron chi connectivity index (χ0n) is 9.98. The summed E-state index contributed by atoms with van der Waals surface area (Å²) < 4.78 is 0. The number of rotatable bonds is 3. The van der Waals surface area contributed by atoms with Crippen molar-refractivity contribution in [2.75, 3.05) is 23.3 Å². The van der Waals surface area contributed by atoms with E-state index in [9.17, 15) is 9.59 Å². The Morgan fingerprint density at radius 2 is 1.61 bits per heavy atom. The fourth-order valence-electron chi connectivity index (χ4n) is 2.40. The smallest absolute Gasteiger partial charge is 0.253 e. The first-order valence-electron chi connectivity index (χ1n) is 6.17. The van der Waals surface area contributed by atoms with E-state index in [1.807, 2.05) is 35.2 Å². The van der Waals surface area contributed by atoms with Gasteiger partial charge in [-0.15, -0.1) is 0 Å². The van der Waals surface area contributed by atoms with Crippen LogP contribution in [-0.2, 0) is 0 Å². The molecule has 0 unspecified atom stereocenters. The third kappa shape index (κ3) is 1.70. The highest BCUT2D eigenvalue weighted by Gasteiger charge is 2.27. The number of anilines is 3. The maximum atomic E-state index is 11.7. The second-order valence-corrected chi connectivity index (χ2v) is 4.57. The van der Waals surface area contributed by atoms with E-state index in [1.165, 1.54) is 0 Å². The average Bonchev–Trinajstić information content (AvgIpc) is 2.92. The topological polar surface area (TPSA) is 49.4 Å². The molecular formula is C14H14N2O2. The first-order valence-corrected chi connectivity index (χ1v) is 6.17. The standard InChI is InChI=1S/C14H14N2O2/c17-13-11(15-10-6-2-1-3-7-10)12(14(13)18)16-8-4-5-9-16/h1-3,6-7,15H,4-5,8-9H2. The van der Waals surface area contributed by atoms with Crippen LogP contribution in [0.3, 0.4) is 0 Å². The van der Waals surface area contributed by atoms with Gasteiger partial charge in [-0.3, -0.25) is 9.59 Å². The molecule has 2 aromatic rings. The molecular weight excluding hydrogens is 228 g/mol. The summed E-state index contributed by atoms with van der Waals surface area (Å²) in [6, 6.07) is 9.46. The molecule has 0 atom stereocenters. The van der Waals surface area contributed by atoms with Crippen LogP contribution in [0.2, 0.25) is 0 Å². The highest BCUT2D eigenvalue weighted by atomic mass is 16.2. The van der Waals surface area contributed by atoms with Crippen LogP contribution in [0.5, 0.6) is 0 Å². The molecule has 1 saturated heterocycles. The first-order chi connectivity index (χ1) is 8.77. The molecule has 0 amide bonds. The molecule has 3 rings (SSSR count). The molecule has 1 aliphatic rings. The van der Waals surface area contributed by atoms with Crippen molar-refractivity contribution >= 4 is 17.1 Å². The summed E-state index contributed by atoms with van der Waals surface area (Å²) >= 11 is 0. The third-order valence-corrected chi connectivity index (χ3v) is 3.35. The largest absolute Gasteiger partial charge is 0.366 e. The summed E-state index contributed by atoms with van der Waals surface area (Å²) in [6.45, 7) is 1.74. The van der Waals surface area contributed by atoms with Crippen LogP contribution in [0.4, 0.5) is 17.1 Å². The molecule has 92 valence electrons. The Balaban J connectivity index is 1.91. The van der Waals surface area contributed by atoms with Crippen molar-refractivity contribution in [2.45, 2.75) is 12.8 Å². The van der Waals surface area contributed by atoms with Crippen molar-refractivity contribution in [2.24, 2.45) is 0 Å². The molecule has 2 aromatic carbocycles. The Morgan fingerprint density at radius 1 is 0.944 bits per heavy atom. The Morgan fingerprint density at radius 3 is 2.28 bits per heavy atom. The van der Waals surface area contributed by atoms with Gasteiger partial charge in [0.1, 0.15) is 11.4 Å². The lowest BCUT2D eigenvalue weighted by Gasteiger charge is -2.22. The van der Waals surface area contributed by atoms with E-state index < -0.39 is 5.43 Å². The molecule has 1 N–H and O–H groups in total. The number of benzene rings is 1. The summed E-state index contributed by atoms with van der Waals surface area (Å²) in [7, 11) is 0. The highest BCUT2D eigenvalue weighted by Crippen LogP contribution is 2.26. The predicted molar refractivity (Wildman–Crippen MR) is 72.5 cm³/mol. The van der Waals surface area contributed by atoms with Gasteiger partial charge in [-0.05, 0) is 25.0 Å². The molecule has 1 aliphatic heterocycles. The van der Waals surface area contributed by atoms with Crippen molar-refractivity contribution in [1.29, 1.82) is 0 Å². The second kappa shape index (κ2) is 4.29. The number of para-hydroxylation sites is 1. The molecule has 18 heavy (non-hydrogen) atoms.